The van der Waals surface area contributed by atoms with Crippen LogP contribution in [0.4, 0.5) is 0 Å². The molecule has 0 amide bonds. The highest BCUT2D eigenvalue weighted by Crippen LogP contribution is 2.26. The van der Waals surface area contributed by atoms with E-state index in [1.807, 2.05) is 16.8 Å². The molecule has 1 aromatic heterocycles. The summed E-state index contributed by atoms with van der Waals surface area (Å²) in [5, 5.41) is 0. The summed E-state index contributed by atoms with van der Waals surface area (Å²) in [6.45, 7) is 1.30. The van der Waals surface area contributed by atoms with E-state index in [9.17, 15) is 8.42 Å². The van der Waals surface area contributed by atoms with Gasteiger partial charge in [0, 0.05) is 29.9 Å². The maximum absolute atomic E-state index is 11.6. The van der Waals surface area contributed by atoms with E-state index in [1.54, 1.807) is 30.5 Å². The van der Waals surface area contributed by atoms with Gasteiger partial charge in [-0.3, -0.25) is 4.57 Å². The molecule has 0 atom stereocenters. The number of sulfone groups is 1. The number of rotatable bonds is 3. The zero-order chi connectivity index (χ0) is 16.7. The van der Waals surface area contributed by atoms with Crippen molar-refractivity contribution in [3.8, 4) is 17.1 Å². The molecule has 1 aliphatic rings. The minimum Gasteiger partial charge on any atom is -0.372 e. The average Bonchev–Trinajstić information content (AvgIpc) is 3.22. The lowest BCUT2D eigenvalue weighted by molar-refractivity contribution is 0.134. The molecule has 4 rings (SSSR count). The van der Waals surface area contributed by atoms with Crippen molar-refractivity contribution in [2.24, 2.45) is 0 Å². The molecule has 3 aromatic rings. The van der Waals surface area contributed by atoms with Gasteiger partial charge in [0.15, 0.2) is 9.84 Å². The van der Waals surface area contributed by atoms with Crippen LogP contribution in [0.25, 0.3) is 17.1 Å². The standard InChI is InChI=1S/C18H16N2O3S/c1-24(21,22)17-6-3-13(4-7-17)18-19-8-9-20(18)16-5-2-14-11-23-12-15(14)10-16/h2-10H,11-12H2,1H3. The number of imidazole rings is 1. The maximum Gasteiger partial charge on any atom is 0.175 e. The van der Waals surface area contributed by atoms with Crippen molar-refractivity contribution in [1.82, 2.24) is 9.55 Å². The summed E-state index contributed by atoms with van der Waals surface area (Å²) in [7, 11) is -3.20. The van der Waals surface area contributed by atoms with Gasteiger partial charge in [0.1, 0.15) is 5.82 Å². The minimum atomic E-state index is -3.20. The highest BCUT2D eigenvalue weighted by Gasteiger charge is 2.14. The Morgan fingerprint density at radius 2 is 1.79 bits per heavy atom. The van der Waals surface area contributed by atoms with Crippen molar-refractivity contribution < 1.29 is 13.2 Å². The molecule has 0 N–H and O–H groups in total. The average molecular weight is 340 g/mol. The molecule has 2 aromatic carbocycles. The molecule has 0 saturated heterocycles. The number of aromatic nitrogens is 2. The number of ether oxygens (including phenoxy) is 1. The first kappa shape index (κ1) is 15.1. The smallest absolute Gasteiger partial charge is 0.175 e. The second-order valence-electron chi connectivity index (χ2n) is 5.86. The summed E-state index contributed by atoms with van der Waals surface area (Å²) in [6.07, 6.45) is 4.84. The Morgan fingerprint density at radius 1 is 1.04 bits per heavy atom. The zero-order valence-corrected chi connectivity index (χ0v) is 14.0. The summed E-state index contributed by atoms with van der Waals surface area (Å²) in [5.74, 6) is 0.772. The van der Waals surface area contributed by atoms with E-state index >= 15 is 0 Å². The number of hydrogen-bond acceptors (Lipinski definition) is 4. The van der Waals surface area contributed by atoms with Crippen LogP contribution >= 0.6 is 0 Å². The largest absolute Gasteiger partial charge is 0.372 e. The molecule has 0 saturated carbocycles. The number of benzene rings is 2. The van der Waals surface area contributed by atoms with E-state index in [-0.39, 0.29) is 0 Å². The number of hydrogen-bond donors (Lipinski definition) is 0. The maximum atomic E-state index is 11.6. The lowest BCUT2D eigenvalue weighted by atomic mass is 10.1. The molecule has 2 heterocycles. The van der Waals surface area contributed by atoms with Crippen molar-refractivity contribution in [3.63, 3.8) is 0 Å². The normalized spacial score (nSPS) is 13.9. The molecule has 1 aliphatic heterocycles. The topological polar surface area (TPSA) is 61.2 Å². The van der Waals surface area contributed by atoms with Crippen LogP contribution in [0.1, 0.15) is 11.1 Å². The fourth-order valence-electron chi connectivity index (χ4n) is 2.88. The first-order chi connectivity index (χ1) is 11.5. The van der Waals surface area contributed by atoms with E-state index in [0.29, 0.717) is 18.1 Å². The fraction of sp³-hybridized carbons (Fsp3) is 0.167. The van der Waals surface area contributed by atoms with E-state index in [4.69, 9.17) is 4.74 Å². The van der Waals surface area contributed by atoms with Crippen LogP contribution in [-0.2, 0) is 27.8 Å². The van der Waals surface area contributed by atoms with Gasteiger partial charge in [0.25, 0.3) is 0 Å². The minimum absolute atomic E-state index is 0.305. The molecule has 0 spiro atoms. The highest BCUT2D eigenvalue weighted by atomic mass is 32.2. The van der Waals surface area contributed by atoms with Gasteiger partial charge < -0.3 is 4.74 Å². The molecule has 0 fully saturated rings. The third-order valence-electron chi connectivity index (χ3n) is 4.16. The predicted octanol–water partition coefficient (Wildman–Crippen LogP) is 2.97. The van der Waals surface area contributed by atoms with Gasteiger partial charge in [-0.15, -0.1) is 0 Å². The molecule has 6 heteroatoms. The third kappa shape index (κ3) is 2.64. The van der Waals surface area contributed by atoms with Crippen LogP contribution in [0.3, 0.4) is 0 Å². The van der Waals surface area contributed by atoms with Crippen molar-refractivity contribution in [1.29, 1.82) is 0 Å². The van der Waals surface area contributed by atoms with Crippen LogP contribution in [0.15, 0.2) is 59.8 Å². The van der Waals surface area contributed by atoms with Crippen LogP contribution in [0.2, 0.25) is 0 Å². The van der Waals surface area contributed by atoms with Crippen molar-refractivity contribution >= 4 is 9.84 Å². The summed E-state index contributed by atoms with van der Waals surface area (Å²) < 4.78 is 30.6. The Morgan fingerprint density at radius 3 is 2.54 bits per heavy atom. The third-order valence-corrected chi connectivity index (χ3v) is 5.29. The van der Waals surface area contributed by atoms with Crippen LogP contribution < -0.4 is 0 Å². The number of nitrogens with zero attached hydrogens (tertiary/aromatic N) is 2. The molecular weight excluding hydrogens is 324 g/mol. The predicted molar refractivity (Wildman–Crippen MR) is 90.6 cm³/mol. The Hall–Kier alpha value is -2.44. The lowest BCUT2D eigenvalue weighted by Crippen LogP contribution is -1.99. The Balaban J connectivity index is 1.75. The number of fused-ring (bicyclic) bond motifs is 1. The SMILES string of the molecule is CS(=O)(=O)c1ccc(-c2nccn2-c2ccc3c(c2)COC3)cc1. The highest BCUT2D eigenvalue weighted by molar-refractivity contribution is 7.90. The van der Waals surface area contributed by atoms with E-state index in [0.717, 1.165) is 17.1 Å². The van der Waals surface area contributed by atoms with E-state index < -0.39 is 9.84 Å². The van der Waals surface area contributed by atoms with Crippen LogP contribution in [0, 0.1) is 0 Å². The lowest BCUT2D eigenvalue weighted by Gasteiger charge is -2.10. The molecule has 0 aliphatic carbocycles. The summed E-state index contributed by atoms with van der Waals surface area (Å²) >= 11 is 0. The van der Waals surface area contributed by atoms with Crippen molar-refractivity contribution in [2.75, 3.05) is 6.26 Å². The van der Waals surface area contributed by atoms with Crippen molar-refractivity contribution in [3.05, 3.63) is 66.0 Å². The Kier molecular flexibility index (Phi) is 3.51. The molecule has 24 heavy (non-hydrogen) atoms. The summed E-state index contributed by atoms with van der Waals surface area (Å²) in [4.78, 5) is 4.74. The van der Waals surface area contributed by atoms with Crippen molar-refractivity contribution in [2.45, 2.75) is 18.1 Å². The molecule has 5 nitrogen and oxygen atoms in total. The second kappa shape index (κ2) is 5.58. The first-order valence-electron chi connectivity index (χ1n) is 7.56. The van der Waals surface area contributed by atoms with Crippen LogP contribution in [-0.4, -0.2) is 24.2 Å². The van der Waals surface area contributed by atoms with E-state index in [1.165, 1.54) is 17.4 Å². The summed E-state index contributed by atoms with van der Waals surface area (Å²) in [5.41, 5.74) is 4.29. The molecule has 0 radical (unpaired) electrons. The second-order valence-corrected chi connectivity index (χ2v) is 7.88. The van der Waals surface area contributed by atoms with Gasteiger partial charge in [-0.2, -0.15) is 0 Å². The Labute approximate surface area is 140 Å². The zero-order valence-electron chi connectivity index (χ0n) is 13.1. The van der Waals surface area contributed by atoms with E-state index in [2.05, 4.69) is 17.1 Å². The van der Waals surface area contributed by atoms with Gasteiger partial charge >= 0.3 is 0 Å². The van der Waals surface area contributed by atoms with Gasteiger partial charge in [0.05, 0.1) is 18.1 Å². The fourth-order valence-corrected chi connectivity index (χ4v) is 3.52. The van der Waals surface area contributed by atoms with Gasteiger partial charge in [-0.1, -0.05) is 6.07 Å². The van der Waals surface area contributed by atoms with Crippen LogP contribution in [0.5, 0.6) is 0 Å². The molecule has 122 valence electrons. The first-order valence-corrected chi connectivity index (χ1v) is 9.45. The van der Waals surface area contributed by atoms with Gasteiger partial charge in [0.2, 0.25) is 0 Å². The Bertz CT molecular complexity index is 1000. The quantitative estimate of drug-likeness (QED) is 0.735. The summed E-state index contributed by atoms with van der Waals surface area (Å²) in [6, 6.07) is 13.0. The van der Waals surface area contributed by atoms with Gasteiger partial charge in [-0.05, 0) is 47.5 Å². The van der Waals surface area contributed by atoms with Gasteiger partial charge in [-0.25, -0.2) is 13.4 Å². The molecular formula is C18H16N2O3S. The molecule has 0 unspecified atom stereocenters. The monoisotopic (exact) mass is 340 g/mol. The molecule has 0 bridgehead atoms.